The van der Waals surface area contributed by atoms with Gasteiger partial charge in [0.2, 0.25) is 6.10 Å². The molecule has 1 N–H and O–H groups in total. The van der Waals surface area contributed by atoms with Crippen molar-refractivity contribution >= 4 is 11.6 Å². The molecule has 1 aliphatic heterocycles. The summed E-state index contributed by atoms with van der Waals surface area (Å²) in [5.74, 6) is -2.59. The first kappa shape index (κ1) is 17.7. The maximum Gasteiger partial charge on any atom is 0.393 e. The number of alkyl halides is 3. The standard InChI is InChI=1S/C17H18F4N2O2/c18-11-5-3-4-10(8-11)14-9-15(25-23-14)16(24)22-13-7-2-1-6-12(13)17(19,20)21/h3-5,8,12-13,15H,1-2,6-7,9H2,(H,22,24)/t12-,13-,15+/m1/s1. The fraction of sp³-hybridized carbons (Fsp3) is 0.529. The molecule has 3 rings (SSSR count). The second-order valence-corrected chi connectivity index (χ2v) is 6.39. The second-order valence-electron chi connectivity index (χ2n) is 6.39. The number of halogens is 4. The van der Waals surface area contributed by atoms with Crippen LogP contribution in [0.5, 0.6) is 0 Å². The van der Waals surface area contributed by atoms with Crippen molar-refractivity contribution in [2.24, 2.45) is 11.1 Å². The largest absolute Gasteiger partial charge is 0.393 e. The Morgan fingerprint density at radius 2 is 2.00 bits per heavy atom. The van der Waals surface area contributed by atoms with Crippen molar-refractivity contribution in [3.8, 4) is 0 Å². The molecule has 4 nitrogen and oxygen atoms in total. The van der Waals surface area contributed by atoms with Crippen molar-refractivity contribution in [2.45, 2.75) is 50.4 Å². The Morgan fingerprint density at radius 3 is 2.72 bits per heavy atom. The number of nitrogens with zero attached hydrogens (tertiary/aromatic N) is 1. The molecular formula is C17H18F4N2O2. The Bertz CT molecular complexity index is 675. The van der Waals surface area contributed by atoms with E-state index in [1.807, 2.05) is 0 Å². The van der Waals surface area contributed by atoms with Crippen molar-refractivity contribution in [3.05, 3.63) is 35.6 Å². The molecule has 1 fully saturated rings. The SMILES string of the molecule is O=C(N[C@@H]1CCCC[C@H]1C(F)(F)F)[C@@H]1CC(c2cccc(F)c2)=NO1. The lowest BCUT2D eigenvalue weighted by Gasteiger charge is -2.33. The lowest BCUT2D eigenvalue weighted by Crippen LogP contribution is -2.50. The Balaban J connectivity index is 1.61. The van der Waals surface area contributed by atoms with E-state index < -0.39 is 36.0 Å². The van der Waals surface area contributed by atoms with Gasteiger partial charge in [0.05, 0.1) is 11.6 Å². The maximum atomic E-state index is 13.3. The molecule has 1 aromatic rings. The predicted octanol–water partition coefficient (Wildman–Crippen LogP) is 3.56. The summed E-state index contributed by atoms with van der Waals surface area (Å²) in [6, 6.07) is 4.75. The molecule has 1 aromatic carbocycles. The Kier molecular flexibility index (Phi) is 4.96. The molecule has 0 spiro atoms. The summed E-state index contributed by atoms with van der Waals surface area (Å²) in [6.45, 7) is 0. The molecule has 25 heavy (non-hydrogen) atoms. The molecule has 3 atom stereocenters. The number of hydrogen-bond donors (Lipinski definition) is 1. The van der Waals surface area contributed by atoms with E-state index in [1.165, 1.54) is 18.2 Å². The lowest BCUT2D eigenvalue weighted by atomic mass is 9.84. The molecule has 1 heterocycles. The highest BCUT2D eigenvalue weighted by atomic mass is 19.4. The van der Waals surface area contributed by atoms with E-state index >= 15 is 0 Å². The molecule has 2 aliphatic rings. The van der Waals surface area contributed by atoms with E-state index in [2.05, 4.69) is 10.5 Å². The molecule has 1 amide bonds. The number of rotatable bonds is 3. The molecule has 1 aliphatic carbocycles. The van der Waals surface area contributed by atoms with Gasteiger partial charge in [-0.1, -0.05) is 30.1 Å². The molecule has 8 heteroatoms. The van der Waals surface area contributed by atoms with Crippen LogP contribution in [0.4, 0.5) is 17.6 Å². The summed E-state index contributed by atoms with van der Waals surface area (Å²) in [7, 11) is 0. The van der Waals surface area contributed by atoms with Gasteiger partial charge in [-0.2, -0.15) is 13.2 Å². The molecule has 0 saturated heterocycles. The average Bonchev–Trinajstić information content (AvgIpc) is 3.04. The number of carbonyl (C=O) groups excluding carboxylic acids is 1. The van der Waals surface area contributed by atoms with Crippen molar-refractivity contribution in [3.63, 3.8) is 0 Å². The summed E-state index contributed by atoms with van der Waals surface area (Å²) in [6.07, 6.45) is -3.77. The summed E-state index contributed by atoms with van der Waals surface area (Å²) in [5, 5.41) is 6.25. The van der Waals surface area contributed by atoms with E-state index in [4.69, 9.17) is 4.84 Å². The molecule has 0 bridgehead atoms. The number of hydrogen-bond acceptors (Lipinski definition) is 3. The van der Waals surface area contributed by atoms with Gasteiger partial charge in [0.15, 0.2) is 0 Å². The van der Waals surface area contributed by atoms with Crippen LogP contribution in [0, 0.1) is 11.7 Å². The van der Waals surface area contributed by atoms with Crippen LogP contribution < -0.4 is 5.32 Å². The summed E-state index contributed by atoms with van der Waals surface area (Å²) >= 11 is 0. The highest BCUT2D eigenvalue weighted by molar-refractivity contribution is 6.04. The van der Waals surface area contributed by atoms with Gasteiger partial charge in [0, 0.05) is 18.0 Å². The van der Waals surface area contributed by atoms with Gasteiger partial charge in [-0.05, 0) is 25.0 Å². The van der Waals surface area contributed by atoms with Crippen LogP contribution in [0.1, 0.15) is 37.7 Å². The number of amides is 1. The van der Waals surface area contributed by atoms with Crippen molar-refractivity contribution < 1.29 is 27.2 Å². The third kappa shape index (κ3) is 4.11. The maximum absolute atomic E-state index is 13.3. The summed E-state index contributed by atoms with van der Waals surface area (Å²) < 4.78 is 52.6. The highest BCUT2D eigenvalue weighted by Gasteiger charge is 2.46. The number of carbonyl (C=O) groups is 1. The molecular weight excluding hydrogens is 340 g/mol. The van der Waals surface area contributed by atoms with Crippen LogP contribution in [-0.2, 0) is 9.63 Å². The van der Waals surface area contributed by atoms with E-state index in [0.717, 1.165) is 0 Å². The third-order valence-corrected chi connectivity index (χ3v) is 4.63. The van der Waals surface area contributed by atoms with Gasteiger partial charge in [-0.3, -0.25) is 4.79 Å². The van der Waals surface area contributed by atoms with Crippen LogP contribution in [0.15, 0.2) is 29.4 Å². The van der Waals surface area contributed by atoms with Crippen LogP contribution in [0.2, 0.25) is 0 Å². The predicted molar refractivity (Wildman–Crippen MR) is 82.4 cm³/mol. The average molecular weight is 358 g/mol. The summed E-state index contributed by atoms with van der Waals surface area (Å²) in [4.78, 5) is 17.3. The van der Waals surface area contributed by atoms with Gasteiger partial charge in [-0.15, -0.1) is 0 Å². The monoisotopic (exact) mass is 358 g/mol. The minimum atomic E-state index is -4.34. The molecule has 0 aromatic heterocycles. The van der Waals surface area contributed by atoms with Crippen molar-refractivity contribution in [2.75, 3.05) is 0 Å². The Labute approximate surface area is 142 Å². The first-order chi connectivity index (χ1) is 11.8. The van der Waals surface area contributed by atoms with Gasteiger partial charge >= 0.3 is 6.18 Å². The minimum Gasteiger partial charge on any atom is -0.382 e. The fourth-order valence-corrected chi connectivity index (χ4v) is 3.33. The quantitative estimate of drug-likeness (QED) is 0.840. The number of benzene rings is 1. The smallest absolute Gasteiger partial charge is 0.382 e. The molecule has 1 saturated carbocycles. The van der Waals surface area contributed by atoms with Gasteiger partial charge in [-0.25, -0.2) is 4.39 Å². The third-order valence-electron chi connectivity index (χ3n) is 4.63. The van der Waals surface area contributed by atoms with Crippen LogP contribution in [0.25, 0.3) is 0 Å². The Morgan fingerprint density at radius 1 is 1.24 bits per heavy atom. The highest BCUT2D eigenvalue weighted by Crippen LogP contribution is 2.37. The van der Waals surface area contributed by atoms with Crippen LogP contribution in [0.3, 0.4) is 0 Å². The van der Waals surface area contributed by atoms with Crippen LogP contribution >= 0.6 is 0 Å². The number of nitrogens with one attached hydrogen (secondary N) is 1. The van der Waals surface area contributed by atoms with Gasteiger partial charge < -0.3 is 10.2 Å². The van der Waals surface area contributed by atoms with E-state index in [0.29, 0.717) is 30.5 Å². The van der Waals surface area contributed by atoms with Gasteiger partial charge in [0.1, 0.15) is 5.82 Å². The second kappa shape index (κ2) is 7.01. The van der Waals surface area contributed by atoms with Crippen molar-refractivity contribution in [1.82, 2.24) is 5.32 Å². The molecule has 136 valence electrons. The topological polar surface area (TPSA) is 50.7 Å². The number of oxime groups is 1. The van der Waals surface area contributed by atoms with E-state index in [-0.39, 0.29) is 12.8 Å². The lowest BCUT2D eigenvalue weighted by molar-refractivity contribution is -0.189. The van der Waals surface area contributed by atoms with Crippen molar-refractivity contribution in [1.29, 1.82) is 0 Å². The van der Waals surface area contributed by atoms with Gasteiger partial charge in [0.25, 0.3) is 5.91 Å². The first-order valence-electron chi connectivity index (χ1n) is 8.20. The summed E-state index contributed by atoms with van der Waals surface area (Å²) in [5.41, 5.74) is 0.886. The molecule has 0 unspecified atom stereocenters. The zero-order valence-electron chi connectivity index (χ0n) is 13.4. The normalized spacial score (nSPS) is 26.7. The minimum absolute atomic E-state index is 0.0189. The zero-order valence-corrected chi connectivity index (χ0v) is 13.4. The first-order valence-corrected chi connectivity index (χ1v) is 8.20. The Hall–Kier alpha value is -2.12. The van der Waals surface area contributed by atoms with E-state index in [9.17, 15) is 22.4 Å². The fourth-order valence-electron chi connectivity index (χ4n) is 3.33. The molecule has 0 radical (unpaired) electrons. The van der Waals surface area contributed by atoms with Crippen LogP contribution in [-0.4, -0.2) is 29.9 Å². The zero-order chi connectivity index (χ0) is 18.0. The van der Waals surface area contributed by atoms with E-state index in [1.54, 1.807) is 6.07 Å².